The number of pyridine rings is 1. The lowest BCUT2D eigenvalue weighted by Gasteiger charge is -2.14. The van der Waals surface area contributed by atoms with Crippen LogP contribution in [0.5, 0.6) is 5.75 Å². The molecular weight excluding hydrogens is 404 g/mol. The van der Waals surface area contributed by atoms with E-state index in [9.17, 15) is 13.6 Å². The first kappa shape index (κ1) is 20.4. The molecule has 4 rings (SSSR count). The van der Waals surface area contributed by atoms with Gasteiger partial charge in [0, 0.05) is 18.0 Å². The zero-order valence-electron chi connectivity index (χ0n) is 16.8. The Bertz CT molecular complexity index is 1210. The number of halogens is 2. The Labute approximate surface area is 176 Å². The molecule has 3 aromatic heterocycles. The van der Waals surface area contributed by atoms with E-state index in [1.807, 2.05) is 6.92 Å². The first-order valence-corrected chi connectivity index (χ1v) is 9.50. The SMILES string of the molecule is COc1ccc(-c2cc(C(F)F)n3ncc(C(=O)NC(C)c4ccncc4)c3n2)cc1. The second-order valence-electron chi connectivity index (χ2n) is 6.86. The van der Waals surface area contributed by atoms with Crippen LogP contribution in [0.4, 0.5) is 8.78 Å². The molecule has 0 fully saturated rings. The topological polar surface area (TPSA) is 81.4 Å². The van der Waals surface area contributed by atoms with Crippen molar-refractivity contribution in [3.8, 4) is 17.0 Å². The van der Waals surface area contributed by atoms with Gasteiger partial charge in [-0.15, -0.1) is 0 Å². The zero-order chi connectivity index (χ0) is 22.0. The molecule has 0 saturated heterocycles. The van der Waals surface area contributed by atoms with Gasteiger partial charge in [0.05, 0.1) is 25.0 Å². The van der Waals surface area contributed by atoms with E-state index in [0.29, 0.717) is 17.0 Å². The third-order valence-electron chi connectivity index (χ3n) is 4.91. The molecule has 0 bridgehead atoms. The van der Waals surface area contributed by atoms with Gasteiger partial charge in [0.15, 0.2) is 5.65 Å². The normalized spacial score (nSPS) is 12.2. The number of carbonyl (C=O) groups excluding carboxylic acids is 1. The molecule has 31 heavy (non-hydrogen) atoms. The highest BCUT2D eigenvalue weighted by Crippen LogP contribution is 2.28. The fraction of sp³-hybridized carbons (Fsp3) is 0.182. The summed E-state index contributed by atoms with van der Waals surface area (Å²) in [5, 5.41) is 6.84. The molecule has 1 amide bonds. The number of aromatic nitrogens is 4. The highest BCUT2D eigenvalue weighted by molar-refractivity contribution is 6.00. The van der Waals surface area contributed by atoms with Crippen LogP contribution in [0.25, 0.3) is 16.9 Å². The Morgan fingerprint density at radius 1 is 1.13 bits per heavy atom. The molecule has 1 aromatic carbocycles. The number of methoxy groups -OCH3 is 1. The lowest BCUT2D eigenvalue weighted by molar-refractivity contribution is 0.0941. The fourth-order valence-corrected chi connectivity index (χ4v) is 3.22. The van der Waals surface area contributed by atoms with Crippen LogP contribution in [0.3, 0.4) is 0 Å². The van der Waals surface area contributed by atoms with Gasteiger partial charge in [0.1, 0.15) is 17.0 Å². The number of hydrogen-bond donors (Lipinski definition) is 1. The van der Waals surface area contributed by atoms with Gasteiger partial charge in [-0.05, 0) is 55.0 Å². The number of nitrogens with zero attached hydrogens (tertiary/aromatic N) is 4. The number of carbonyl (C=O) groups is 1. The fourth-order valence-electron chi connectivity index (χ4n) is 3.22. The van der Waals surface area contributed by atoms with E-state index in [-0.39, 0.29) is 22.9 Å². The molecule has 0 aliphatic rings. The standard InChI is InChI=1S/C22H19F2N5O2/c1-13(14-7-9-25-10-8-14)27-22(30)17-12-26-29-19(20(23)24)11-18(28-21(17)29)15-3-5-16(31-2)6-4-15/h3-13,20H,1-2H3,(H,27,30). The van der Waals surface area contributed by atoms with E-state index in [2.05, 4.69) is 20.4 Å². The van der Waals surface area contributed by atoms with Crippen LogP contribution in [0, 0.1) is 0 Å². The number of benzene rings is 1. The smallest absolute Gasteiger partial charge is 0.280 e. The minimum absolute atomic E-state index is 0.0584. The minimum Gasteiger partial charge on any atom is -0.497 e. The maximum absolute atomic E-state index is 13.7. The molecule has 0 radical (unpaired) electrons. The largest absolute Gasteiger partial charge is 0.497 e. The average Bonchev–Trinajstić information content (AvgIpc) is 3.23. The summed E-state index contributed by atoms with van der Waals surface area (Å²) in [7, 11) is 1.54. The van der Waals surface area contributed by atoms with E-state index < -0.39 is 12.3 Å². The summed E-state index contributed by atoms with van der Waals surface area (Å²) in [6.07, 6.45) is 1.71. The summed E-state index contributed by atoms with van der Waals surface area (Å²) in [6, 6.07) is 11.4. The average molecular weight is 423 g/mol. The molecule has 1 atom stereocenters. The van der Waals surface area contributed by atoms with Gasteiger partial charge in [-0.25, -0.2) is 18.3 Å². The minimum atomic E-state index is -2.80. The number of ether oxygens (including phenoxy) is 1. The van der Waals surface area contributed by atoms with Crippen LogP contribution in [0.2, 0.25) is 0 Å². The third kappa shape index (κ3) is 4.07. The number of amides is 1. The van der Waals surface area contributed by atoms with Crippen molar-refractivity contribution in [2.75, 3.05) is 7.11 Å². The number of alkyl halides is 2. The van der Waals surface area contributed by atoms with E-state index in [1.54, 1.807) is 55.9 Å². The molecular formula is C22H19F2N5O2. The predicted octanol–water partition coefficient (Wildman–Crippen LogP) is 4.23. The number of nitrogens with one attached hydrogen (secondary N) is 1. The van der Waals surface area contributed by atoms with Crippen molar-refractivity contribution >= 4 is 11.6 Å². The molecule has 7 nitrogen and oxygen atoms in total. The van der Waals surface area contributed by atoms with Crippen molar-refractivity contribution in [2.45, 2.75) is 19.4 Å². The van der Waals surface area contributed by atoms with Crippen LogP contribution >= 0.6 is 0 Å². The van der Waals surface area contributed by atoms with Crippen LogP contribution in [0.15, 0.2) is 61.1 Å². The second-order valence-corrected chi connectivity index (χ2v) is 6.86. The maximum atomic E-state index is 13.7. The van der Waals surface area contributed by atoms with Crippen molar-refractivity contribution < 1.29 is 18.3 Å². The zero-order valence-corrected chi connectivity index (χ0v) is 16.8. The molecule has 0 aliphatic carbocycles. The highest BCUT2D eigenvalue weighted by atomic mass is 19.3. The summed E-state index contributed by atoms with van der Waals surface area (Å²) in [4.78, 5) is 21.3. The molecule has 4 aromatic rings. The lowest BCUT2D eigenvalue weighted by atomic mass is 10.1. The van der Waals surface area contributed by atoms with E-state index in [4.69, 9.17) is 4.74 Å². The van der Waals surface area contributed by atoms with Crippen molar-refractivity contribution in [1.82, 2.24) is 24.9 Å². The van der Waals surface area contributed by atoms with Crippen molar-refractivity contribution in [2.24, 2.45) is 0 Å². The monoisotopic (exact) mass is 423 g/mol. The van der Waals surface area contributed by atoms with Gasteiger partial charge in [0.2, 0.25) is 0 Å². The van der Waals surface area contributed by atoms with Crippen LogP contribution in [-0.2, 0) is 0 Å². The molecule has 0 aliphatic heterocycles. The first-order chi connectivity index (χ1) is 15.0. The van der Waals surface area contributed by atoms with E-state index in [0.717, 1.165) is 10.1 Å². The van der Waals surface area contributed by atoms with E-state index >= 15 is 0 Å². The molecule has 1 N–H and O–H groups in total. The van der Waals surface area contributed by atoms with Gasteiger partial charge in [0.25, 0.3) is 12.3 Å². The third-order valence-corrected chi connectivity index (χ3v) is 4.91. The lowest BCUT2D eigenvalue weighted by Crippen LogP contribution is -2.26. The predicted molar refractivity (Wildman–Crippen MR) is 110 cm³/mol. The van der Waals surface area contributed by atoms with Crippen LogP contribution in [-0.4, -0.2) is 32.6 Å². The second kappa shape index (κ2) is 8.47. The van der Waals surface area contributed by atoms with Crippen molar-refractivity contribution in [1.29, 1.82) is 0 Å². The molecule has 158 valence electrons. The quantitative estimate of drug-likeness (QED) is 0.502. The molecule has 1 unspecified atom stereocenters. The van der Waals surface area contributed by atoms with Gasteiger partial charge in [-0.2, -0.15) is 5.10 Å². The van der Waals surface area contributed by atoms with Gasteiger partial charge in [-0.3, -0.25) is 9.78 Å². The maximum Gasteiger partial charge on any atom is 0.280 e. The van der Waals surface area contributed by atoms with Crippen molar-refractivity contribution in [3.63, 3.8) is 0 Å². The summed E-state index contributed by atoms with van der Waals surface area (Å²) in [6.45, 7) is 1.82. The van der Waals surface area contributed by atoms with Gasteiger partial charge in [-0.1, -0.05) is 0 Å². The Kier molecular flexibility index (Phi) is 5.57. The van der Waals surface area contributed by atoms with Gasteiger partial charge >= 0.3 is 0 Å². The Morgan fingerprint density at radius 3 is 2.48 bits per heavy atom. The molecule has 9 heteroatoms. The summed E-state index contributed by atoms with van der Waals surface area (Å²) < 4.78 is 33.6. The van der Waals surface area contributed by atoms with Crippen LogP contribution in [0.1, 0.15) is 41.0 Å². The van der Waals surface area contributed by atoms with Gasteiger partial charge < -0.3 is 10.1 Å². The molecule has 0 saturated carbocycles. The number of hydrogen-bond acceptors (Lipinski definition) is 5. The highest BCUT2D eigenvalue weighted by Gasteiger charge is 2.22. The first-order valence-electron chi connectivity index (χ1n) is 9.50. The Balaban J connectivity index is 1.74. The number of fused-ring (bicyclic) bond motifs is 1. The van der Waals surface area contributed by atoms with Crippen molar-refractivity contribution in [3.05, 3.63) is 77.9 Å². The summed E-state index contributed by atoms with van der Waals surface area (Å²) in [5.41, 5.74) is 1.60. The molecule has 0 spiro atoms. The Hall–Kier alpha value is -3.88. The summed E-state index contributed by atoms with van der Waals surface area (Å²) in [5.74, 6) is 0.173. The van der Waals surface area contributed by atoms with Crippen LogP contribution < -0.4 is 10.1 Å². The molecule has 3 heterocycles. The summed E-state index contributed by atoms with van der Waals surface area (Å²) >= 11 is 0. The van der Waals surface area contributed by atoms with E-state index in [1.165, 1.54) is 12.3 Å². The number of rotatable bonds is 6. The Morgan fingerprint density at radius 2 is 1.84 bits per heavy atom.